The second-order valence-electron chi connectivity index (χ2n) is 9.62. The predicted octanol–water partition coefficient (Wildman–Crippen LogP) is 4.48. The molecule has 3 heterocycles. The van der Waals surface area contributed by atoms with E-state index < -0.39 is 5.60 Å². The number of rotatable bonds is 4. The van der Waals surface area contributed by atoms with E-state index in [0.29, 0.717) is 12.1 Å². The Morgan fingerprint density at radius 2 is 1.67 bits per heavy atom. The standard InChI is InChI=1S/C27H31N5O/c1-18-13-28-14-19(2)32(18)24-10-8-20(9-11-24)22-15-29-26-25(16-30-31(26)17-22)21-6-5-7-23(12-21)27(3,4)33/h5-12,15-19,28,33H,13-14H2,1-4H3. The molecule has 6 heteroatoms. The van der Waals surface area contributed by atoms with E-state index in [4.69, 9.17) is 4.98 Å². The average molecular weight is 442 g/mol. The molecular weight excluding hydrogens is 410 g/mol. The van der Waals surface area contributed by atoms with Crippen molar-refractivity contribution in [3.63, 3.8) is 0 Å². The third kappa shape index (κ3) is 4.12. The number of nitrogens with one attached hydrogen (secondary N) is 1. The summed E-state index contributed by atoms with van der Waals surface area (Å²) in [7, 11) is 0. The number of aromatic nitrogens is 3. The molecule has 1 aliphatic rings. The van der Waals surface area contributed by atoms with Crippen LogP contribution < -0.4 is 10.2 Å². The van der Waals surface area contributed by atoms with E-state index in [1.165, 1.54) is 5.69 Å². The first kappa shape index (κ1) is 21.6. The molecule has 6 nitrogen and oxygen atoms in total. The lowest BCUT2D eigenvalue weighted by atomic mass is 9.95. The lowest BCUT2D eigenvalue weighted by Gasteiger charge is -2.41. The minimum atomic E-state index is -0.897. The van der Waals surface area contributed by atoms with Crippen molar-refractivity contribution in [1.29, 1.82) is 0 Å². The Morgan fingerprint density at radius 1 is 0.939 bits per heavy atom. The van der Waals surface area contributed by atoms with Gasteiger partial charge in [0.05, 0.1) is 11.8 Å². The van der Waals surface area contributed by atoms with Gasteiger partial charge in [0.25, 0.3) is 0 Å². The molecule has 0 amide bonds. The third-order valence-corrected chi connectivity index (χ3v) is 6.56. The molecule has 1 fully saturated rings. The van der Waals surface area contributed by atoms with Crippen LogP contribution >= 0.6 is 0 Å². The lowest BCUT2D eigenvalue weighted by Crippen LogP contribution is -2.55. The Bertz CT molecular complexity index is 1260. The summed E-state index contributed by atoms with van der Waals surface area (Å²) in [4.78, 5) is 7.23. The Morgan fingerprint density at radius 3 is 2.36 bits per heavy atom. The smallest absolute Gasteiger partial charge is 0.162 e. The maximum atomic E-state index is 10.4. The maximum absolute atomic E-state index is 10.4. The predicted molar refractivity (Wildman–Crippen MR) is 133 cm³/mol. The van der Waals surface area contributed by atoms with Gasteiger partial charge in [-0.3, -0.25) is 0 Å². The van der Waals surface area contributed by atoms with Gasteiger partial charge in [0.2, 0.25) is 0 Å². The summed E-state index contributed by atoms with van der Waals surface area (Å²) >= 11 is 0. The van der Waals surface area contributed by atoms with Crippen molar-refractivity contribution in [3.05, 3.63) is 72.7 Å². The zero-order valence-electron chi connectivity index (χ0n) is 19.7. The van der Waals surface area contributed by atoms with Gasteiger partial charge in [-0.2, -0.15) is 5.10 Å². The fourth-order valence-electron chi connectivity index (χ4n) is 4.76. The summed E-state index contributed by atoms with van der Waals surface area (Å²) in [6, 6.07) is 17.6. The van der Waals surface area contributed by atoms with E-state index in [0.717, 1.165) is 46.6 Å². The zero-order chi connectivity index (χ0) is 23.2. The molecule has 170 valence electrons. The maximum Gasteiger partial charge on any atom is 0.162 e. The van der Waals surface area contributed by atoms with Gasteiger partial charge < -0.3 is 15.3 Å². The summed E-state index contributed by atoms with van der Waals surface area (Å²) < 4.78 is 1.83. The molecule has 5 rings (SSSR count). The van der Waals surface area contributed by atoms with Gasteiger partial charge in [0.1, 0.15) is 0 Å². The van der Waals surface area contributed by atoms with Crippen molar-refractivity contribution in [2.24, 2.45) is 0 Å². The summed E-state index contributed by atoms with van der Waals surface area (Å²) in [6.07, 6.45) is 5.77. The first-order valence-corrected chi connectivity index (χ1v) is 11.6. The van der Waals surface area contributed by atoms with Crippen LogP contribution in [0.5, 0.6) is 0 Å². The summed E-state index contributed by atoms with van der Waals surface area (Å²) in [6.45, 7) is 10.1. The van der Waals surface area contributed by atoms with Crippen LogP contribution in [-0.4, -0.2) is 44.9 Å². The highest BCUT2D eigenvalue weighted by Crippen LogP contribution is 2.30. The van der Waals surface area contributed by atoms with E-state index >= 15 is 0 Å². The van der Waals surface area contributed by atoms with E-state index in [-0.39, 0.29) is 0 Å². The monoisotopic (exact) mass is 441 g/mol. The fraction of sp³-hybridized carbons (Fsp3) is 0.333. The first-order valence-electron chi connectivity index (χ1n) is 11.6. The van der Waals surface area contributed by atoms with Crippen molar-refractivity contribution in [1.82, 2.24) is 19.9 Å². The number of fused-ring (bicyclic) bond motifs is 1. The second kappa shape index (κ2) is 8.28. The fourth-order valence-corrected chi connectivity index (χ4v) is 4.76. The van der Waals surface area contributed by atoms with Crippen molar-refractivity contribution in [2.75, 3.05) is 18.0 Å². The summed E-state index contributed by atoms with van der Waals surface area (Å²) in [5.74, 6) is 0. The van der Waals surface area contributed by atoms with Crippen LogP contribution in [0.15, 0.2) is 67.1 Å². The number of benzene rings is 2. The minimum Gasteiger partial charge on any atom is -0.386 e. The van der Waals surface area contributed by atoms with Crippen LogP contribution in [0.25, 0.3) is 27.9 Å². The minimum absolute atomic E-state index is 0.468. The largest absolute Gasteiger partial charge is 0.386 e. The van der Waals surface area contributed by atoms with Crippen molar-refractivity contribution >= 4 is 11.3 Å². The SMILES string of the molecule is CC1CNCC(C)N1c1ccc(-c2cnc3c(-c4cccc(C(C)(C)O)c4)cnn3c2)cc1. The van der Waals surface area contributed by atoms with Crippen LogP contribution in [0.2, 0.25) is 0 Å². The van der Waals surface area contributed by atoms with Gasteiger partial charge in [-0.15, -0.1) is 0 Å². The number of nitrogens with zero attached hydrogens (tertiary/aromatic N) is 4. The van der Waals surface area contributed by atoms with Crippen molar-refractivity contribution in [3.8, 4) is 22.3 Å². The molecule has 33 heavy (non-hydrogen) atoms. The Labute approximate surface area is 194 Å². The van der Waals surface area contributed by atoms with E-state index in [1.54, 1.807) is 13.8 Å². The first-order chi connectivity index (χ1) is 15.8. The molecule has 1 aliphatic heterocycles. The molecule has 2 aromatic heterocycles. The van der Waals surface area contributed by atoms with Crippen LogP contribution in [0, 0.1) is 0 Å². The Hall–Kier alpha value is -3.22. The highest BCUT2D eigenvalue weighted by molar-refractivity contribution is 5.78. The van der Waals surface area contributed by atoms with Crippen molar-refractivity contribution < 1.29 is 5.11 Å². The molecule has 0 aliphatic carbocycles. The number of hydrogen-bond donors (Lipinski definition) is 2. The molecule has 1 saturated heterocycles. The summed E-state index contributed by atoms with van der Waals surface area (Å²) in [5.41, 5.74) is 6.10. The van der Waals surface area contributed by atoms with Crippen LogP contribution in [0.3, 0.4) is 0 Å². The molecule has 0 saturated carbocycles. The quantitative estimate of drug-likeness (QED) is 0.489. The Balaban J connectivity index is 1.44. The van der Waals surface area contributed by atoms with Gasteiger partial charge in [0, 0.05) is 54.4 Å². The topological polar surface area (TPSA) is 65.7 Å². The molecule has 0 spiro atoms. The number of aliphatic hydroxyl groups is 1. The van der Waals surface area contributed by atoms with Gasteiger partial charge in [0.15, 0.2) is 5.65 Å². The van der Waals surface area contributed by atoms with Gasteiger partial charge >= 0.3 is 0 Å². The normalized spacial score (nSPS) is 19.2. The molecular formula is C27H31N5O. The van der Waals surface area contributed by atoms with E-state index in [9.17, 15) is 5.11 Å². The van der Waals surface area contributed by atoms with Crippen molar-refractivity contribution in [2.45, 2.75) is 45.4 Å². The lowest BCUT2D eigenvalue weighted by molar-refractivity contribution is 0.0786. The highest BCUT2D eigenvalue weighted by atomic mass is 16.3. The second-order valence-corrected chi connectivity index (χ2v) is 9.62. The van der Waals surface area contributed by atoms with Crippen LogP contribution in [-0.2, 0) is 5.60 Å². The van der Waals surface area contributed by atoms with Gasteiger partial charge in [-0.1, -0.05) is 30.3 Å². The zero-order valence-corrected chi connectivity index (χ0v) is 19.7. The molecule has 2 N–H and O–H groups in total. The van der Waals surface area contributed by atoms with E-state index in [2.05, 4.69) is 53.4 Å². The molecule has 2 unspecified atom stereocenters. The van der Waals surface area contributed by atoms with Gasteiger partial charge in [-0.05, 0) is 62.6 Å². The molecule has 2 aromatic carbocycles. The van der Waals surface area contributed by atoms with E-state index in [1.807, 2.05) is 47.4 Å². The van der Waals surface area contributed by atoms with Crippen LogP contribution in [0.1, 0.15) is 33.3 Å². The Kier molecular flexibility index (Phi) is 5.43. The molecule has 0 radical (unpaired) electrons. The highest BCUT2D eigenvalue weighted by Gasteiger charge is 2.24. The number of hydrogen-bond acceptors (Lipinski definition) is 5. The molecule has 0 bridgehead atoms. The average Bonchev–Trinajstić information content (AvgIpc) is 3.22. The molecule has 4 aromatic rings. The third-order valence-electron chi connectivity index (χ3n) is 6.56. The number of anilines is 1. The van der Waals surface area contributed by atoms with Gasteiger partial charge in [-0.25, -0.2) is 9.50 Å². The van der Waals surface area contributed by atoms with Crippen LogP contribution in [0.4, 0.5) is 5.69 Å². The number of piperazine rings is 1. The molecule has 2 atom stereocenters. The summed E-state index contributed by atoms with van der Waals surface area (Å²) in [5, 5.41) is 18.4.